The van der Waals surface area contributed by atoms with Gasteiger partial charge in [0, 0.05) is 26.1 Å². The van der Waals surface area contributed by atoms with Crippen molar-refractivity contribution in [1.82, 2.24) is 9.80 Å². The first-order chi connectivity index (χ1) is 9.79. The third-order valence-electron chi connectivity index (χ3n) is 4.02. The van der Waals surface area contributed by atoms with Gasteiger partial charge in [0.2, 0.25) is 17.7 Å². The number of rotatable bonds is 5. The van der Waals surface area contributed by atoms with E-state index in [-0.39, 0.29) is 23.7 Å². The van der Waals surface area contributed by atoms with Crippen molar-refractivity contribution in [2.45, 2.75) is 32.7 Å². The third kappa shape index (κ3) is 4.06. The molecular formula is C15H25N3O3. The Balaban J connectivity index is 2.66. The van der Waals surface area contributed by atoms with Gasteiger partial charge in [0.1, 0.15) is 6.04 Å². The van der Waals surface area contributed by atoms with Crippen molar-refractivity contribution < 1.29 is 14.4 Å². The van der Waals surface area contributed by atoms with Gasteiger partial charge in [-0.15, -0.1) is 0 Å². The summed E-state index contributed by atoms with van der Waals surface area (Å²) in [5, 5.41) is 0. The molecule has 2 N–H and O–H groups in total. The molecule has 1 fully saturated rings. The van der Waals surface area contributed by atoms with E-state index < -0.39 is 11.9 Å². The van der Waals surface area contributed by atoms with E-state index in [1.165, 1.54) is 11.0 Å². The molecular weight excluding hydrogens is 270 g/mol. The number of carbonyl (C=O) groups excluding carboxylic acids is 3. The van der Waals surface area contributed by atoms with Crippen molar-refractivity contribution >= 4 is 17.7 Å². The average Bonchev–Trinajstić information content (AvgIpc) is 2.45. The SMILES string of the molecule is C=CC(=O)N1CCC(C(=O)N(C)[C@H](C(N)=O)C(C)C)CC1. The molecule has 0 saturated carbocycles. The van der Waals surface area contributed by atoms with Crippen LogP contribution in [0.2, 0.25) is 0 Å². The Kier molecular flexibility index (Phi) is 5.93. The van der Waals surface area contributed by atoms with Gasteiger partial charge in [0.25, 0.3) is 0 Å². The Labute approximate surface area is 125 Å². The molecule has 3 amide bonds. The lowest BCUT2D eigenvalue weighted by Crippen LogP contribution is -2.52. The topological polar surface area (TPSA) is 83.7 Å². The Morgan fingerprint density at radius 2 is 1.81 bits per heavy atom. The van der Waals surface area contributed by atoms with Crippen LogP contribution in [0.4, 0.5) is 0 Å². The van der Waals surface area contributed by atoms with Crippen molar-refractivity contribution in [3.05, 3.63) is 12.7 Å². The lowest BCUT2D eigenvalue weighted by molar-refractivity contribution is -0.144. The van der Waals surface area contributed by atoms with Crippen LogP contribution in [-0.2, 0) is 14.4 Å². The Morgan fingerprint density at radius 3 is 2.19 bits per heavy atom. The number of hydrogen-bond acceptors (Lipinski definition) is 3. The van der Waals surface area contributed by atoms with Crippen molar-refractivity contribution in [1.29, 1.82) is 0 Å². The second-order valence-electron chi connectivity index (χ2n) is 5.84. The maximum Gasteiger partial charge on any atom is 0.245 e. The molecule has 1 aliphatic rings. The molecule has 0 radical (unpaired) electrons. The predicted molar refractivity (Wildman–Crippen MR) is 80.1 cm³/mol. The molecule has 0 bridgehead atoms. The maximum atomic E-state index is 12.5. The van der Waals surface area contributed by atoms with Gasteiger partial charge in [-0.05, 0) is 24.8 Å². The van der Waals surface area contributed by atoms with Gasteiger partial charge in [0.15, 0.2) is 0 Å². The lowest BCUT2D eigenvalue weighted by atomic mass is 9.93. The summed E-state index contributed by atoms with van der Waals surface area (Å²) in [6.45, 7) is 8.27. The molecule has 0 aromatic heterocycles. The zero-order valence-electron chi connectivity index (χ0n) is 13.0. The highest BCUT2D eigenvalue weighted by Crippen LogP contribution is 2.21. The van der Waals surface area contributed by atoms with Crippen LogP contribution >= 0.6 is 0 Å². The third-order valence-corrected chi connectivity index (χ3v) is 4.02. The number of primary amides is 1. The van der Waals surface area contributed by atoms with Gasteiger partial charge >= 0.3 is 0 Å². The molecule has 0 aromatic rings. The molecule has 0 aromatic carbocycles. The van der Waals surface area contributed by atoms with Gasteiger partial charge in [-0.1, -0.05) is 20.4 Å². The molecule has 118 valence electrons. The highest BCUT2D eigenvalue weighted by atomic mass is 16.2. The van der Waals surface area contributed by atoms with Crippen LogP contribution in [0, 0.1) is 11.8 Å². The number of amides is 3. The second kappa shape index (κ2) is 7.24. The van der Waals surface area contributed by atoms with Crippen LogP contribution in [0.1, 0.15) is 26.7 Å². The molecule has 1 aliphatic heterocycles. The quantitative estimate of drug-likeness (QED) is 0.744. The minimum atomic E-state index is -0.592. The zero-order valence-corrected chi connectivity index (χ0v) is 13.0. The van der Waals surface area contributed by atoms with Crippen molar-refractivity contribution in [3.63, 3.8) is 0 Å². The predicted octanol–water partition coefficient (Wildman–Crippen LogP) is 0.379. The van der Waals surface area contributed by atoms with E-state index in [0.29, 0.717) is 25.9 Å². The molecule has 6 nitrogen and oxygen atoms in total. The number of likely N-dealkylation sites (tertiary alicyclic amines) is 1. The van der Waals surface area contributed by atoms with Crippen molar-refractivity contribution in [2.24, 2.45) is 17.6 Å². The van der Waals surface area contributed by atoms with Crippen LogP contribution < -0.4 is 5.73 Å². The summed E-state index contributed by atoms with van der Waals surface area (Å²) in [4.78, 5) is 38.7. The fourth-order valence-corrected chi connectivity index (χ4v) is 2.87. The summed E-state index contributed by atoms with van der Waals surface area (Å²) in [7, 11) is 1.62. The highest BCUT2D eigenvalue weighted by molar-refractivity contribution is 5.89. The second-order valence-corrected chi connectivity index (χ2v) is 5.84. The molecule has 0 unspecified atom stereocenters. The normalized spacial score (nSPS) is 17.4. The first-order valence-corrected chi connectivity index (χ1v) is 7.26. The number of hydrogen-bond donors (Lipinski definition) is 1. The first kappa shape index (κ1) is 17.2. The molecule has 0 aliphatic carbocycles. The highest BCUT2D eigenvalue weighted by Gasteiger charge is 2.34. The molecule has 1 rings (SSSR count). The Hall–Kier alpha value is -1.85. The van der Waals surface area contributed by atoms with E-state index in [4.69, 9.17) is 5.73 Å². The number of piperidine rings is 1. The molecule has 1 heterocycles. The summed E-state index contributed by atoms with van der Waals surface area (Å²) in [6.07, 6.45) is 2.49. The van der Waals surface area contributed by atoms with E-state index in [0.717, 1.165) is 0 Å². The van der Waals surface area contributed by atoms with Gasteiger partial charge in [-0.3, -0.25) is 14.4 Å². The summed E-state index contributed by atoms with van der Waals surface area (Å²) >= 11 is 0. The summed E-state index contributed by atoms with van der Waals surface area (Å²) in [5.74, 6) is -0.854. The summed E-state index contributed by atoms with van der Waals surface area (Å²) in [6, 6.07) is -0.592. The lowest BCUT2D eigenvalue weighted by Gasteiger charge is -2.35. The van der Waals surface area contributed by atoms with Gasteiger partial charge in [-0.2, -0.15) is 0 Å². The monoisotopic (exact) mass is 295 g/mol. The summed E-state index contributed by atoms with van der Waals surface area (Å²) < 4.78 is 0. The minimum absolute atomic E-state index is 0.0288. The Bertz CT molecular complexity index is 426. The largest absolute Gasteiger partial charge is 0.368 e. The average molecular weight is 295 g/mol. The van der Waals surface area contributed by atoms with E-state index in [2.05, 4.69) is 6.58 Å². The minimum Gasteiger partial charge on any atom is -0.368 e. The van der Waals surface area contributed by atoms with E-state index >= 15 is 0 Å². The van der Waals surface area contributed by atoms with Gasteiger partial charge in [0.05, 0.1) is 0 Å². The summed E-state index contributed by atoms with van der Waals surface area (Å²) in [5.41, 5.74) is 5.39. The number of nitrogens with two attached hydrogens (primary N) is 1. The van der Waals surface area contributed by atoms with E-state index in [1.807, 2.05) is 13.8 Å². The maximum absolute atomic E-state index is 12.5. The molecule has 1 saturated heterocycles. The number of likely N-dealkylation sites (N-methyl/N-ethyl adjacent to an activating group) is 1. The van der Waals surface area contributed by atoms with Gasteiger partial charge in [-0.25, -0.2) is 0 Å². The zero-order chi connectivity index (χ0) is 16.2. The van der Waals surface area contributed by atoms with Crippen LogP contribution in [-0.4, -0.2) is 53.7 Å². The van der Waals surface area contributed by atoms with Crippen LogP contribution in [0.5, 0.6) is 0 Å². The number of nitrogens with zero attached hydrogens (tertiary/aromatic N) is 2. The van der Waals surface area contributed by atoms with Crippen LogP contribution in [0.15, 0.2) is 12.7 Å². The van der Waals surface area contributed by atoms with E-state index in [1.54, 1.807) is 11.9 Å². The van der Waals surface area contributed by atoms with Crippen molar-refractivity contribution in [2.75, 3.05) is 20.1 Å². The first-order valence-electron chi connectivity index (χ1n) is 7.26. The molecule has 21 heavy (non-hydrogen) atoms. The van der Waals surface area contributed by atoms with E-state index in [9.17, 15) is 14.4 Å². The number of carbonyl (C=O) groups is 3. The fraction of sp³-hybridized carbons (Fsp3) is 0.667. The van der Waals surface area contributed by atoms with Crippen LogP contribution in [0.25, 0.3) is 0 Å². The van der Waals surface area contributed by atoms with Crippen LogP contribution in [0.3, 0.4) is 0 Å². The van der Waals surface area contributed by atoms with Gasteiger partial charge < -0.3 is 15.5 Å². The molecule has 1 atom stereocenters. The Morgan fingerprint density at radius 1 is 1.29 bits per heavy atom. The smallest absolute Gasteiger partial charge is 0.245 e. The molecule has 6 heteroatoms. The molecule has 0 spiro atoms. The fourth-order valence-electron chi connectivity index (χ4n) is 2.87. The van der Waals surface area contributed by atoms with Crippen molar-refractivity contribution in [3.8, 4) is 0 Å². The standard InChI is InChI=1S/C15H25N3O3/c1-5-12(19)18-8-6-11(7-9-18)15(21)17(4)13(10(2)3)14(16)20/h5,10-11,13H,1,6-9H2,2-4H3,(H2,16,20)/t13-/m0/s1.